The largest absolute Gasteiger partial charge is 0.461 e. The Kier molecular flexibility index (Phi) is 7.18. The second-order valence-electron chi connectivity index (χ2n) is 11.6. The monoisotopic (exact) mass is 603 g/mol. The van der Waals surface area contributed by atoms with Gasteiger partial charge in [0.2, 0.25) is 5.91 Å². The molecule has 43 heavy (non-hydrogen) atoms. The van der Waals surface area contributed by atoms with Gasteiger partial charge in [-0.05, 0) is 67.9 Å². The number of amides is 1. The third-order valence-corrected chi connectivity index (χ3v) is 9.63. The maximum Gasteiger partial charge on any atom is 0.319 e. The van der Waals surface area contributed by atoms with Crippen LogP contribution in [0.25, 0.3) is 32.8 Å². The lowest BCUT2D eigenvalue weighted by molar-refractivity contribution is -0.126. The summed E-state index contributed by atoms with van der Waals surface area (Å²) in [5.74, 6) is -1.29. The lowest BCUT2D eigenvalue weighted by Gasteiger charge is -2.35. The van der Waals surface area contributed by atoms with Crippen LogP contribution in [0, 0.1) is 11.6 Å². The number of carbonyl (C=O) groups excluding carboxylic acids is 1. The van der Waals surface area contributed by atoms with E-state index < -0.39 is 11.6 Å². The molecule has 0 spiro atoms. The number of piperazine rings is 1. The number of ether oxygens (including phenoxy) is 1. The minimum absolute atomic E-state index is 0.0164. The van der Waals surface area contributed by atoms with Gasteiger partial charge in [0.15, 0.2) is 5.82 Å². The van der Waals surface area contributed by atoms with Gasteiger partial charge in [0.05, 0.1) is 11.1 Å². The molecule has 1 amide bonds. The number of benzene rings is 3. The van der Waals surface area contributed by atoms with E-state index in [1.54, 1.807) is 23.1 Å². The Morgan fingerprint density at radius 2 is 1.74 bits per heavy atom. The van der Waals surface area contributed by atoms with Crippen molar-refractivity contribution in [3.8, 4) is 17.1 Å². The van der Waals surface area contributed by atoms with E-state index in [0.717, 1.165) is 44.2 Å². The van der Waals surface area contributed by atoms with E-state index in [4.69, 9.17) is 21.3 Å². The molecule has 4 heterocycles. The molecule has 0 atom stereocenters. The fourth-order valence-electron chi connectivity index (χ4n) is 7.14. The van der Waals surface area contributed by atoms with Crippen LogP contribution in [0.15, 0.2) is 55.1 Å². The number of nitrogens with zero attached hydrogens (tertiary/aromatic N) is 5. The van der Waals surface area contributed by atoms with Crippen molar-refractivity contribution in [2.24, 2.45) is 0 Å². The highest BCUT2D eigenvalue weighted by Crippen LogP contribution is 2.42. The van der Waals surface area contributed by atoms with Crippen LogP contribution >= 0.6 is 11.6 Å². The molecule has 1 aromatic heterocycles. The van der Waals surface area contributed by atoms with Gasteiger partial charge in [-0.2, -0.15) is 9.97 Å². The van der Waals surface area contributed by atoms with Crippen molar-refractivity contribution in [2.75, 3.05) is 50.8 Å². The predicted octanol–water partition coefficient (Wildman–Crippen LogP) is 6.22. The van der Waals surface area contributed by atoms with Gasteiger partial charge in [-0.15, -0.1) is 0 Å². The van der Waals surface area contributed by atoms with Gasteiger partial charge >= 0.3 is 6.01 Å². The van der Waals surface area contributed by atoms with Crippen LogP contribution in [0.3, 0.4) is 0 Å². The minimum Gasteiger partial charge on any atom is -0.461 e. The first kappa shape index (κ1) is 28.0. The van der Waals surface area contributed by atoms with Crippen LogP contribution in [0.1, 0.15) is 25.7 Å². The van der Waals surface area contributed by atoms with Gasteiger partial charge in [-0.25, -0.2) is 8.78 Å². The van der Waals surface area contributed by atoms with E-state index in [2.05, 4.69) is 16.5 Å². The Morgan fingerprint density at radius 3 is 2.47 bits per heavy atom. The van der Waals surface area contributed by atoms with Crippen molar-refractivity contribution in [1.29, 1.82) is 0 Å². The van der Waals surface area contributed by atoms with Crippen molar-refractivity contribution in [3.63, 3.8) is 0 Å². The standard InChI is InChI=1S/C33H32ClF2N5O2/c1-2-26(42)39-15-17-40(18-16-39)31-23-19-25(35)28(22-9-3-7-21-8-4-10-24(34)27(21)22)29(36)30(23)37-32(38-31)43-20-33-11-5-13-41(33)14-6-12-33/h2-4,7-10,19H,1,5-6,11-18,20H2. The number of anilines is 1. The Hall–Kier alpha value is -3.82. The zero-order chi connectivity index (χ0) is 29.7. The highest BCUT2D eigenvalue weighted by molar-refractivity contribution is 6.36. The van der Waals surface area contributed by atoms with Crippen LogP contribution in [0.4, 0.5) is 14.6 Å². The Labute approximate surface area is 253 Å². The van der Waals surface area contributed by atoms with Gasteiger partial charge in [0, 0.05) is 42.0 Å². The molecule has 0 N–H and O–H groups in total. The number of rotatable bonds is 6. The summed E-state index contributed by atoms with van der Waals surface area (Å²) >= 11 is 6.54. The molecule has 0 unspecified atom stereocenters. The second kappa shape index (κ2) is 11.0. The highest BCUT2D eigenvalue weighted by atomic mass is 35.5. The zero-order valence-corrected chi connectivity index (χ0v) is 24.5. The third-order valence-electron chi connectivity index (χ3n) is 9.31. The molecule has 3 saturated heterocycles. The van der Waals surface area contributed by atoms with Gasteiger partial charge in [0.25, 0.3) is 0 Å². The highest BCUT2D eigenvalue weighted by Gasteiger charge is 2.45. The number of aromatic nitrogens is 2. The SMILES string of the molecule is C=CC(=O)N1CCN(c2nc(OCC34CCCN3CCC4)nc3c(F)c(-c4cccc5cccc(Cl)c45)c(F)cc23)CC1. The van der Waals surface area contributed by atoms with Crippen molar-refractivity contribution in [2.45, 2.75) is 31.2 Å². The zero-order valence-electron chi connectivity index (χ0n) is 23.8. The molecule has 0 aliphatic carbocycles. The van der Waals surface area contributed by atoms with Gasteiger partial charge < -0.3 is 14.5 Å². The number of hydrogen-bond donors (Lipinski definition) is 0. The van der Waals surface area contributed by atoms with E-state index in [9.17, 15) is 4.79 Å². The van der Waals surface area contributed by atoms with E-state index in [1.165, 1.54) is 12.1 Å². The summed E-state index contributed by atoms with van der Waals surface area (Å²) in [5, 5.41) is 2.00. The van der Waals surface area contributed by atoms with Crippen LogP contribution in [0.2, 0.25) is 5.02 Å². The van der Waals surface area contributed by atoms with Crippen molar-refractivity contribution in [3.05, 3.63) is 71.8 Å². The minimum atomic E-state index is -0.794. The molecule has 3 aromatic carbocycles. The van der Waals surface area contributed by atoms with Crippen LogP contribution in [0.5, 0.6) is 6.01 Å². The van der Waals surface area contributed by atoms with Gasteiger partial charge in [0.1, 0.15) is 23.8 Å². The van der Waals surface area contributed by atoms with Gasteiger partial charge in [-0.1, -0.05) is 48.5 Å². The van der Waals surface area contributed by atoms with Crippen LogP contribution in [-0.2, 0) is 4.79 Å². The smallest absolute Gasteiger partial charge is 0.319 e. The van der Waals surface area contributed by atoms with Gasteiger partial charge in [-0.3, -0.25) is 9.69 Å². The first-order chi connectivity index (χ1) is 20.9. The fourth-order valence-corrected chi connectivity index (χ4v) is 7.43. The molecule has 3 aliphatic rings. The topological polar surface area (TPSA) is 61.8 Å². The normalized spacial score (nSPS) is 18.4. The molecule has 3 aliphatic heterocycles. The lowest BCUT2D eigenvalue weighted by Crippen LogP contribution is -2.48. The summed E-state index contributed by atoms with van der Waals surface area (Å²) in [5.41, 5.74) is 0.0869. The molecule has 0 radical (unpaired) electrons. The predicted molar refractivity (Wildman–Crippen MR) is 165 cm³/mol. The molecule has 7 nitrogen and oxygen atoms in total. The third kappa shape index (κ3) is 4.79. The average molecular weight is 604 g/mol. The summed E-state index contributed by atoms with van der Waals surface area (Å²) < 4.78 is 39.0. The number of fused-ring (bicyclic) bond motifs is 3. The molecule has 4 aromatic rings. The molecule has 0 bridgehead atoms. The summed E-state index contributed by atoms with van der Waals surface area (Å²) in [6, 6.07) is 12.0. The molecular weight excluding hydrogens is 572 g/mol. The lowest BCUT2D eigenvalue weighted by atomic mass is 9.95. The van der Waals surface area contributed by atoms with Crippen molar-refractivity contribution < 1.29 is 18.3 Å². The molecule has 3 fully saturated rings. The molecule has 0 saturated carbocycles. The summed E-state index contributed by atoms with van der Waals surface area (Å²) in [4.78, 5) is 27.6. The summed E-state index contributed by atoms with van der Waals surface area (Å²) in [6.07, 6.45) is 5.61. The quantitative estimate of drug-likeness (QED) is 0.244. The molecule has 10 heteroatoms. The van der Waals surface area contributed by atoms with E-state index in [1.807, 2.05) is 23.1 Å². The second-order valence-corrected chi connectivity index (χ2v) is 12.0. The van der Waals surface area contributed by atoms with E-state index in [-0.39, 0.29) is 33.9 Å². The Balaban J connectivity index is 1.35. The average Bonchev–Trinajstić information content (AvgIpc) is 3.61. The Morgan fingerprint density at radius 1 is 1.02 bits per heavy atom. The molecule has 7 rings (SSSR count). The molecular formula is C33H32ClF2N5O2. The number of carbonyl (C=O) groups is 1. The van der Waals surface area contributed by atoms with E-state index in [0.29, 0.717) is 54.6 Å². The first-order valence-electron chi connectivity index (χ1n) is 14.8. The maximum absolute atomic E-state index is 16.7. The van der Waals surface area contributed by atoms with Crippen LogP contribution in [-0.4, -0.2) is 77.1 Å². The van der Waals surface area contributed by atoms with E-state index >= 15 is 8.78 Å². The van der Waals surface area contributed by atoms with Crippen molar-refractivity contribution >= 4 is 45.0 Å². The Bertz CT molecular complexity index is 1740. The van der Waals surface area contributed by atoms with Crippen LogP contribution < -0.4 is 9.64 Å². The van der Waals surface area contributed by atoms with Crippen molar-refractivity contribution in [1.82, 2.24) is 19.8 Å². The summed E-state index contributed by atoms with van der Waals surface area (Å²) in [7, 11) is 0. The number of hydrogen-bond acceptors (Lipinski definition) is 6. The fraction of sp³-hybridized carbons (Fsp3) is 0.364. The summed E-state index contributed by atoms with van der Waals surface area (Å²) in [6.45, 7) is 7.83. The maximum atomic E-state index is 16.7. The molecule has 222 valence electrons. The number of halogens is 3. The first-order valence-corrected chi connectivity index (χ1v) is 15.2.